The van der Waals surface area contributed by atoms with Crippen LogP contribution in [-0.2, 0) is 0 Å². The van der Waals surface area contributed by atoms with Crippen LogP contribution in [0.4, 0.5) is 80.1 Å². The number of nitrogens with one attached hydrogen (secondary N) is 5. The standard InChI is InChI=1S/5C19H20FN7O2/c5*20-11-9-12-13-3-1-6-26(13)14-4-7-27-17(24-14)15(16(21)25-27)18(28)22-5-2-8-29-19(12)23-10-11/h5*4,7,9-10,13H,1-3,5-6,8H2,(H2,21,25)(H,22,28)/i2D2,5D2,8D2;9D,10D;4D,7D;5D2;1D. The number of hydrogen-bond donors (Lipinski definition) is 10. The second-order valence-corrected chi connectivity index (χ2v) is 34.6. The fourth-order valence-electron chi connectivity index (χ4n) is 19.2. The fourth-order valence-corrected chi connectivity index (χ4v) is 19.2. The number of carbonyl (C=O) groups is 5. The Hall–Kier alpha value is -17.2. The summed E-state index contributed by atoms with van der Waals surface area (Å²) in [6.07, 6.45) is 13.3. The molecule has 25 rings (SSSR count). The van der Waals surface area contributed by atoms with Gasteiger partial charge in [-0.25, -0.2) is 94.4 Å². The lowest BCUT2D eigenvalue weighted by Crippen LogP contribution is -2.28. The first kappa shape index (κ1) is 79.5. The zero-order chi connectivity index (χ0) is 111. The van der Waals surface area contributed by atoms with E-state index >= 15 is 0 Å². The number of aromatic nitrogens is 20. The molecule has 10 aliphatic heterocycles. The summed E-state index contributed by atoms with van der Waals surface area (Å²) in [7, 11) is 0. The van der Waals surface area contributed by atoms with E-state index in [1.54, 1.807) is 42.9 Å². The van der Waals surface area contributed by atoms with Gasteiger partial charge in [0.1, 0.15) is 86.0 Å². The number of hydrogen-bond acceptors (Lipinski definition) is 35. The van der Waals surface area contributed by atoms with Crippen LogP contribution >= 0.6 is 0 Å². The third-order valence-electron chi connectivity index (χ3n) is 25.6. The van der Waals surface area contributed by atoms with E-state index in [4.69, 9.17) is 70.2 Å². The lowest BCUT2D eigenvalue weighted by molar-refractivity contribution is 0.0945. The molecule has 750 valence electrons. The van der Waals surface area contributed by atoms with Crippen LogP contribution < -0.4 is 103 Å². The van der Waals surface area contributed by atoms with E-state index in [1.165, 1.54) is 42.5 Å². The molecule has 5 fully saturated rings. The summed E-state index contributed by atoms with van der Waals surface area (Å²) >= 11 is 0. The second-order valence-electron chi connectivity index (χ2n) is 34.6. The molecule has 0 spiro atoms. The third kappa shape index (κ3) is 19.0. The van der Waals surface area contributed by atoms with Gasteiger partial charge in [0.2, 0.25) is 29.4 Å². The summed E-state index contributed by atoms with van der Waals surface area (Å²) in [5, 5.41) is 33.1. The van der Waals surface area contributed by atoms with Crippen LogP contribution in [-0.4, -0.2) is 226 Å². The molecule has 0 aliphatic carbocycles. The summed E-state index contributed by atoms with van der Waals surface area (Å²) < 4.78 is 213. The molecule has 10 bridgehead atoms. The number of nitrogen functional groups attached to an aromatic ring is 5. The predicted octanol–water partition coefficient (Wildman–Crippen LogP) is 8.50. The van der Waals surface area contributed by atoms with Crippen molar-refractivity contribution in [1.29, 1.82) is 0 Å². The summed E-state index contributed by atoms with van der Waals surface area (Å²) in [4.78, 5) is 117. The summed E-state index contributed by atoms with van der Waals surface area (Å²) in [6.45, 7) is -4.35. The molecule has 5 saturated heterocycles. The first-order valence-corrected chi connectivity index (χ1v) is 46.5. The Morgan fingerprint density at radius 2 is 0.655 bits per heavy atom. The van der Waals surface area contributed by atoms with E-state index in [1.807, 2.05) is 29.8 Å². The van der Waals surface area contributed by atoms with E-state index in [0.29, 0.717) is 179 Å². The van der Waals surface area contributed by atoms with Crippen molar-refractivity contribution in [2.24, 2.45) is 0 Å². The van der Waals surface area contributed by atoms with E-state index in [2.05, 4.69) is 96.6 Å². The summed E-state index contributed by atoms with van der Waals surface area (Å²) in [6, 6.07) is 9.75. The van der Waals surface area contributed by atoms with Crippen LogP contribution in [0.1, 0.15) is 224 Å². The third-order valence-corrected chi connectivity index (χ3v) is 25.6. The Bertz CT molecular complexity index is 8250. The Balaban J connectivity index is 0.000000114. The molecule has 15 N–H and O–H groups in total. The normalized spacial score (nSPS) is 22.6. The zero-order valence-electron chi connectivity index (χ0n) is 89.9. The molecule has 0 saturated carbocycles. The highest BCUT2D eigenvalue weighted by atomic mass is 19.1. The minimum Gasteiger partial charge on any atom is -0.477 e. The van der Waals surface area contributed by atoms with Crippen LogP contribution in [0.5, 0.6) is 29.4 Å². The average molecular weight is 2000 g/mol. The Morgan fingerprint density at radius 3 is 1.05 bits per heavy atom. The lowest BCUT2D eigenvalue weighted by atomic mass is 10.1. The van der Waals surface area contributed by atoms with E-state index in [9.17, 15) is 45.9 Å². The molecule has 5 amide bonds. The Labute approximate surface area is 839 Å². The van der Waals surface area contributed by atoms with Crippen molar-refractivity contribution in [2.75, 3.05) is 152 Å². The Kier molecular flexibility index (Phi) is 22.2. The minimum atomic E-state index is -3.45. The van der Waals surface area contributed by atoms with Crippen LogP contribution in [0, 0.1) is 29.1 Å². The molecule has 45 nitrogen and oxygen atoms in total. The van der Waals surface area contributed by atoms with Crippen molar-refractivity contribution in [3.8, 4) is 29.4 Å². The second kappa shape index (κ2) is 40.5. The maximum Gasteiger partial charge on any atom is 0.258 e. The first-order valence-electron chi connectivity index (χ1n) is 53.1. The van der Waals surface area contributed by atoms with Gasteiger partial charge in [-0.3, -0.25) is 24.0 Å². The molecule has 25 heterocycles. The molecule has 15 aromatic heterocycles. The number of pyridine rings is 5. The van der Waals surface area contributed by atoms with Gasteiger partial charge in [-0.1, -0.05) is 0 Å². The quantitative estimate of drug-likeness (QED) is 0.0636. The van der Waals surface area contributed by atoms with Crippen LogP contribution in [0.3, 0.4) is 0 Å². The maximum absolute atomic E-state index is 14.5. The summed E-state index contributed by atoms with van der Waals surface area (Å²) in [5.74, 6) is -3.54. The van der Waals surface area contributed by atoms with Gasteiger partial charge in [-0.05, 0) is 157 Å². The SMILES string of the molecule is [2H]C1([2H])CCOc2ncc(F)cc2C2CCCN2c2ccn3nc(N)c(c3n2)C(=O)N1.[2H]C1([2H])NC(=O)c2c(N)nn3ccc(nc23)N2CCCC2c2cc(F)cnc2OC([2H])([2H])C1([2H])[2H].[2H]C1CC2c3cc(F)cnc3OCCCNC(=O)c3c(N)nn4ccc(nc34)N2C1.[2H]c1c2nc3c(c(N)nn3c1[2H])C(=O)NCCCOc1ncc(F)cc1C1CCCN21.[2H]c1nc2c(c([2H])c1F)C1CCCN1c1ccn3nc(N)c(c3n1)C(=O)NCCCO2. The van der Waals surface area contributed by atoms with Crippen molar-refractivity contribution in [1.82, 2.24) is 124 Å². The number of carbonyl (C=O) groups excluding carboxylic acids is 5. The van der Waals surface area contributed by atoms with Gasteiger partial charge < -0.3 is 103 Å². The number of nitrogens with zero attached hydrogens (tertiary/aromatic N) is 25. The average Bonchev–Trinajstić information content (AvgIpc) is 1.23. The molecule has 6 unspecified atom stereocenters. The fraction of sp³-hybridized carbons (Fsp3) is 0.368. The number of ether oxygens (including phenoxy) is 5. The molecular formula is C95H100F5N35O10. The van der Waals surface area contributed by atoms with Crippen LogP contribution in [0.25, 0.3) is 28.2 Å². The van der Waals surface area contributed by atoms with Gasteiger partial charge in [0.15, 0.2) is 57.3 Å². The van der Waals surface area contributed by atoms with Gasteiger partial charge in [0, 0.05) is 134 Å². The number of anilines is 10. The smallest absolute Gasteiger partial charge is 0.258 e. The molecular weight excluding hydrogens is 1890 g/mol. The number of rotatable bonds is 0. The van der Waals surface area contributed by atoms with Crippen LogP contribution in [0.2, 0.25) is 0 Å². The highest BCUT2D eigenvalue weighted by Crippen LogP contribution is 2.47. The molecule has 0 aromatic carbocycles. The Morgan fingerprint density at radius 1 is 0.345 bits per heavy atom. The van der Waals surface area contributed by atoms with Gasteiger partial charge in [0.25, 0.3) is 29.5 Å². The number of halogens is 5. The van der Waals surface area contributed by atoms with Crippen molar-refractivity contribution in [3.63, 3.8) is 0 Å². The topological polar surface area (TPSA) is 553 Å². The minimum absolute atomic E-state index is 0.00609. The molecule has 15 aromatic rings. The largest absolute Gasteiger partial charge is 0.477 e. The van der Waals surface area contributed by atoms with Crippen LogP contribution in [0.15, 0.2) is 123 Å². The van der Waals surface area contributed by atoms with Gasteiger partial charge >= 0.3 is 0 Å². The first-order chi connectivity index (χ1) is 75.6. The summed E-state index contributed by atoms with van der Waals surface area (Å²) in [5.41, 5.74) is 33.1. The van der Waals surface area contributed by atoms with E-state index in [-0.39, 0.29) is 171 Å². The van der Waals surface area contributed by atoms with Crippen molar-refractivity contribution < 1.29 is 87.4 Å². The van der Waals surface area contributed by atoms with Gasteiger partial charge in [-0.15, -0.1) is 25.5 Å². The van der Waals surface area contributed by atoms with Crippen molar-refractivity contribution in [2.45, 2.75) is 126 Å². The number of fused-ring (bicyclic) bond motifs is 25. The van der Waals surface area contributed by atoms with Gasteiger partial charge in [0.05, 0.1) is 102 Å². The molecule has 0 radical (unpaired) electrons. The number of nitrogens with two attached hydrogens (primary N) is 5. The maximum atomic E-state index is 14.5. The highest BCUT2D eigenvalue weighted by Gasteiger charge is 2.40. The molecule has 6 atom stereocenters. The van der Waals surface area contributed by atoms with E-state index in [0.717, 1.165) is 61.1 Å². The predicted molar refractivity (Wildman–Crippen MR) is 517 cm³/mol. The lowest BCUT2D eigenvalue weighted by Gasteiger charge is -2.27. The molecule has 10 aliphatic rings. The number of amides is 5. The van der Waals surface area contributed by atoms with E-state index < -0.39 is 103 Å². The highest BCUT2D eigenvalue weighted by molar-refractivity contribution is 6.07. The molecule has 145 heavy (non-hydrogen) atoms. The zero-order valence-corrected chi connectivity index (χ0v) is 76.9. The van der Waals surface area contributed by atoms with Crippen molar-refractivity contribution in [3.05, 3.63) is 207 Å². The van der Waals surface area contributed by atoms with Gasteiger partial charge in [-0.2, -0.15) is 0 Å². The molecule has 50 heteroatoms. The monoisotopic (exact) mass is 2000 g/mol. The van der Waals surface area contributed by atoms with Crippen molar-refractivity contribution >= 4 is 116 Å².